The summed E-state index contributed by atoms with van der Waals surface area (Å²) in [5.74, 6) is 0. The number of hydrogen-bond donors (Lipinski definition) is 2. The van der Waals surface area contributed by atoms with Crippen LogP contribution in [-0.4, -0.2) is 39.0 Å². The largest absolute Gasteiger partial charge is 0.387 e. The van der Waals surface area contributed by atoms with Crippen molar-refractivity contribution in [2.45, 2.75) is 57.3 Å². The molecule has 0 saturated heterocycles. The average Bonchev–Trinajstić information content (AvgIpc) is 2.09. The Hall–Kier alpha value is -0.173. The maximum atomic E-state index is 11.8. The van der Waals surface area contributed by atoms with Gasteiger partial charge in [-0.3, -0.25) is 0 Å². The lowest BCUT2D eigenvalue weighted by Gasteiger charge is -2.24. The van der Waals surface area contributed by atoms with E-state index in [0.29, 0.717) is 5.57 Å². The van der Waals surface area contributed by atoms with Gasteiger partial charge in [-0.1, -0.05) is 31.8 Å². The molecule has 2 N–H and O–H groups in total. The Morgan fingerprint density at radius 3 is 2.11 bits per heavy atom. The molecule has 0 heterocycles. The molecule has 0 radical (unpaired) electrons. The Balaban J connectivity index is 4.45. The van der Waals surface area contributed by atoms with Crippen molar-refractivity contribution in [3.05, 3.63) is 12.2 Å². The Labute approximate surface area is 113 Å². The molecule has 0 amide bonds. The van der Waals surface area contributed by atoms with E-state index in [1.165, 1.54) is 0 Å². The van der Waals surface area contributed by atoms with Crippen LogP contribution in [0.1, 0.15) is 20.8 Å². The Bertz CT molecular complexity index is 391. The molecule has 0 aromatic carbocycles. The topological polar surface area (TPSA) is 66.4 Å². The highest BCUT2D eigenvalue weighted by Crippen LogP contribution is 2.18. The van der Waals surface area contributed by atoms with E-state index in [4.69, 9.17) is 0 Å². The third kappa shape index (κ3) is 6.13. The van der Waals surface area contributed by atoms with Gasteiger partial charge in [0, 0.05) is 14.6 Å². The van der Waals surface area contributed by atoms with Crippen molar-refractivity contribution in [1.82, 2.24) is 4.72 Å². The summed E-state index contributed by atoms with van der Waals surface area (Å²) >= 11 is 0. The Kier molecular flexibility index (Phi) is 5.80. The lowest BCUT2D eigenvalue weighted by molar-refractivity contribution is 0.214. The highest BCUT2D eigenvalue weighted by molar-refractivity contribution is 7.90. The van der Waals surface area contributed by atoms with Crippen LogP contribution in [-0.2, 0) is 10.0 Å². The standard InChI is InChI=1S/C12H27NO3SSi/c1-10(9-18(5,6)7)11(14)8-13-17(15,16)12(2,3)4/h11,13-14H,1,8-9H2,2-7H3. The minimum Gasteiger partial charge on any atom is -0.387 e. The summed E-state index contributed by atoms with van der Waals surface area (Å²) < 4.78 is 25.2. The minimum absolute atomic E-state index is 0.00289. The maximum Gasteiger partial charge on any atom is 0.216 e. The fourth-order valence-corrected chi connectivity index (χ4v) is 3.76. The molecule has 0 aromatic rings. The summed E-state index contributed by atoms with van der Waals surface area (Å²) in [5, 5.41) is 9.91. The molecular weight excluding hydrogens is 266 g/mol. The molecule has 0 aliphatic carbocycles. The quantitative estimate of drug-likeness (QED) is 0.581. The number of aliphatic hydroxyl groups excluding tert-OH is 1. The van der Waals surface area contributed by atoms with E-state index >= 15 is 0 Å². The molecular formula is C12H27NO3SSi. The molecule has 0 aromatic heterocycles. The SMILES string of the molecule is C=C(C[Si](C)(C)C)C(O)CNS(=O)(=O)C(C)(C)C. The zero-order valence-electron chi connectivity index (χ0n) is 12.4. The lowest BCUT2D eigenvalue weighted by Crippen LogP contribution is -2.43. The van der Waals surface area contributed by atoms with Gasteiger partial charge in [-0.25, -0.2) is 13.1 Å². The van der Waals surface area contributed by atoms with Crippen LogP contribution < -0.4 is 4.72 Å². The van der Waals surface area contributed by atoms with E-state index < -0.39 is 28.9 Å². The van der Waals surface area contributed by atoms with E-state index in [9.17, 15) is 13.5 Å². The lowest BCUT2D eigenvalue weighted by atomic mass is 10.2. The minimum atomic E-state index is -3.41. The summed E-state index contributed by atoms with van der Waals surface area (Å²) in [7, 11) is -4.74. The normalized spacial score (nSPS) is 15.5. The van der Waals surface area contributed by atoms with Gasteiger partial charge >= 0.3 is 0 Å². The van der Waals surface area contributed by atoms with E-state index in [2.05, 4.69) is 30.9 Å². The first-order valence-corrected chi connectivity index (χ1v) is 11.3. The third-order valence-electron chi connectivity index (χ3n) is 2.50. The molecule has 4 nitrogen and oxygen atoms in total. The number of nitrogens with one attached hydrogen (secondary N) is 1. The molecule has 6 heteroatoms. The van der Waals surface area contributed by atoms with Crippen molar-refractivity contribution in [1.29, 1.82) is 0 Å². The van der Waals surface area contributed by atoms with Crippen molar-refractivity contribution in [2.75, 3.05) is 6.54 Å². The second kappa shape index (κ2) is 5.86. The highest BCUT2D eigenvalue weighted by atomic mass is 32.2. The molecule has 0 spiro atoms. The van der Waals surface area contributed by atoms with Gasteiger partial charge in [-0.2, -0.15) is 0 Å². The molecule has 0 aliphatic rings. The van der Waals surface area contributed by atoms with Gasteiger partial charge < -0.3 is 5.11 Å². The molecule has 1 atom stereocenters. The van der Waals surface area contributed by atoms with Crippen LogP contribution in [0.2, 0.25) is 25.7 Å². The van der Waals surface area contributed by atoms with Crippen LogP contribution in [0.3, 0.4) is 0 Å². The first-order valence-electron chi connectivity index (χ1n) is 6.11. The summed E-state index contributed by atoms with van der Waals surface area (Å²) in [6, 6.07) is 0.797. The summed E-state index contributed by atoms with van der Waals surface area (Å²) in [6.07, 6.45) is -0.811. The zero-order valence-corrected chi connectivity index (χ0v) is 14.2. The predicted octanol–water partition coefficient (Wildman–Crippen LogP) is 1.96. The predicted molar refractivity (Wildman–Crippen MR) is 80.0 cm³/mol. The molecule has 18 heavy (non-hydrogen) atoms. The van der Waals surface area contributed by atoms with Gasteiger partial charge in [0.15, 0.2) is 0 Å². The van der Waals surface area contributed by atoms with Crippen LogP contribution in [0.25, 0.3) is 0 Å². The Morgan fingerprint density at radius 2 is 1.78 bits per heavy atom. The molecule has 0 fully saturated rings. The van der Waals surface area contributed by atoms with Crippen LogP contribution >= 0.6 is 0 Å². The van der Waals surface area contributed by atoms with Crippen LogP contribution in [0.15, 0.2) is 12.2 Å². The van der Waals surface area contributed by atoms with E-state index in [0.717, 1.165) is 6.04 Å². The molecule has 0 saturated carbocycles. The average molecular weight is 294 g/mol. The first-order chi connectivity index (χ1) is 7.76. The fourth-order valence-electron chi connectivity index (χ4n) is 1.35. The maximum absolute atomic E-state index is 11.8. The van der Waals surface area contributed by atoms with Gasteiger partial charge in [0.05, 0.1) is 10.9 Å². The molecule has 0 bridgehead atoms. The molecule has 0 rings (SSSR count). The second-order valence-electron chi connectivity index (χ2n) is 6.88. The summed E-state index contributed by atoms with van der Waals surface area (Å²) in [4.78, 5) is 0. The van der Waals surface area contributed by atoms with Gasteiger partial charge in [-0.05, 0) is 26.8 Å². The molecule has 108 valence electrons. The monoisotopic (exact) mass is 293 g/mol. The summed E-state index contributed by atoms with van der Waals surface area (Å²) in [5.41, 5.74) is 0.714. The van der Waals surface area contributed by atoms with E-state index in [1.807, 2.05) is 0 Å². The van der Waals surface area contributed by atoms with Gasteiger partial charge in [0.2, 0.25) is 10.0 Å². The van der Waals surface area contributed by atoms with Crippen LogP contribution in [0.4, 0.5) is 0 Å². The van der Waals surface area contributed by atoms with Gasteiger partial charge in [-0.15, -0.1) is 0 Å². The van der Waals surface area contributed by atoms with E-state index in [-0.39, 0.29) is 6.54 Å². The van der Waals surface area contributed by atoms with Gasteiger partial charge in [0.1, 0.15) is 0 Å². The van der Waals surface area contributed by atoms with E-state index in [1.54, 1.807) is 20.8 Å². The van der Waals surface area contributed by atoms with Crippen LogP contribution in [0, 0.1) is 0 Å². The molecule has 1 unspecified atom stereocenters. The smallest absolute Gasteiger partial charge is 0.216 e. The van der Waals surface area contributed by atoms with Crippen molar-refractivity contribution in [3.63, 3.8) is 0 Å². The molecule has 0 aliphatic heterocycles. The number of aliphatic hydroxyl groups is 1. The van der Waals surface area contributed by atoms with Gasteiger partial charge in [0.25, 0.3) is 0 Å². The van der Waals surface area contributed by atoms with Crippen molar-refractivity contribution < 1.29 is 13.5 Å². The van der Waals surface area contributed by atoms with Crippen LogP contribution in [0.5, 0.6) is 0 Å². The second-order valence-corrected chi connectivity index (χ2v) is 14.9. The third-order valence-corrected chi connectivity index (χ3v) is 6.18. The highest BCUT2D eigenvalue weighted by Gasteiger charge is 2.29. The first kappa shape index (κ1) is 17.8. The Morgan fingerprint density at radius 1 is 1.33 bits per heavy atom. The number of rotatable bonds is 6. The summed E-state index contributed by atoms with van der Waals surface area (Å²) in [6.45, 7) is 15.3. The number of sulfonamides is 1. The fraction of sp³-hybridized carbons (Fsp3) is 0.833. The number of hydrogen-bond acceptors (Lipinski definition) is 3. The van der Waals surface area contributed by atoms with Crippen molar-refractivity contribution in [3.8, 4) is 0 Å². The van der Waals surface area contributed by atoms with Crippen molar-refractivity contribution in [2.24, 2.45) is 0 Å². The zero-order chi connectivity index (χ0) is 14.8. The van der Waals surface area contributed by atoms with Crippen molar-refractivity contribution >= 4 is 18.1 Å².